The number of rotatable bonds is 5. The maximum Gasteiger partial charge on any atom is 0.185 e. The minimum absolute atomic E-state index is 0.00346. The van der Waals surface area contributed by atoms with Gasteiger partial charge in [-0.05, 0) is 42.6 Å². The maximum absolute atomic E-state index is 11.7. The predicted molar refractivity (Wildman–Crippen MR) is 79.6 cm³/mol. The minimum atomic E-state index is 0.00346. The number of hydrogen-bond acceptors (Lipinski definition) is 2. The van der Waals surface area contributed by atoms with Crippen LogP contribution in [0.25, 0.3) is 0 Å². The number of carbonyl (C=O) groups is 1. The average Bonchev–Trinajstić information content (AvgIpc) is 2.34. The summed E-state index contributed by atoms with van der Waals surface area (Å²) in [7, 11) is 3.91. The van der Waals surface area contributed by atoms with Gasteiger partial charge in [0.1, 0.15) is 0 Å². The first kappa shape index (κ1) is 14.5. The van der Waals surface area contributed by atoms with Crippen molar-refractivity contribution in [1.82, 2.24) is 4.90 Å². The number of ketones is 1. The van der Waals surface area contributed by atoms with Crippen LogP contribution >= 0.6 is 15.9 Å². The minimum Gasteiger partial charge on any atom is -0.383 e. The molecule has 3 heteroatoms. The predicted octanol–water partition coefficient (Wildman–Crippen LogP) is 3.82. The average molecular weight is 306 g/mol. The number of benzene rings is 1. The van der Waals surface area contributed by atoms with Crippen LogP contribution < -0.4 is 0 Å². The van der Waals surface area contributed by atoms with Crippen molar-refractivity contribution in [3.63, 3.8) is 0 Å². The van der Waals surface area contributed by atoms with Crippen LogP contribution in [0, 0.1) is 0 Å². The van der Waals surface area contributed by atoms with Gasteiger partial charge in [0.05, 0.1) is 0 Å². The van der Waals surface area contributed by atoms with E-state index in [1.165, 1.54) is 0 Å². The first-order valence-electron chi connectivity index (χ1n) is 5.57. The molecule has 0 radical (unpaired) electrons. The Labute approximate surface area is 116 Å². The Morgan fingerprint density at radius 1 is 1.06 bits per heavy atom. The summed E-state index contributed by atoms with van der Waals surface area (Å²) < 4.78 is 0.969. The largest absolute Gasteiger partial charge is 0.383 e. The third-order valence-electron chi connectivity index (χ3n) is 2.09. The van der Waals surface area contributed by atoms with Gasteiger partial charge >= 0.3 is 0 Å². The van der Waals surface area contributed by atoms with Crippen LogP contribution in [0.3, 0.4) is 0 Å². The zero-order valence-electron chi connectivity index (χ0n) is 10.5. The number of carbonyl (C=O) groups excluding carboxylic acids is 1. The molecular weight excluding hydrogens is 290 g/mol. The van der Waals surface area contributed by atoms with E-state index in [2.05, 4.69) is 15.9 Å². The van der Waals surface area contributed by atoms with Gasteiger partial charge < -0.3 is 4.90 Å². The van der Waals surface area contributed by atoms with Crippen LogP contribution in [0.2, 0.25) is 0 Å². The molecule has 0 bridgehead atoms. The summed E-state index contributed by atoms with van der Waals surface area (Å²) in [5.41, 5.74) is 0.687. The lowest BCUT2D eigenvalue weighted by Crippen LogP contribution is -1.99. The van der Waals surface area contributed by atoms with E-state index in [0.29, 0.717) is 5.56 Å². The SMILES string of the molecule is CN(C)/C=C/C=C/C=C/C(=O)c1ccc(Br)cc1. The topological polar surface area (TPSA) is 20.3 Å². The molecule has 94 valence electrons. The second-order valence-corrected chi connectivity index (χ2v) is 4.84. The van der Waals surface area contributed by atoms with Crippen molar-refractivity contribution in [3.05, 3.63) is 70.9 Å². The fourth-order valence-electron chi connectivity index (χ4n) is 1.20. The van der Waals surface area contributed by atoms with E-state index < -0.39 is 0 Å². The molecular formula is C15H16BrNO. The summed E-state index contributed by atoms with van der Waals surface area (Å²) in [6.07, 6.45) is 10.9. The molecule has 0 fully saturated rings. The van der Waals surface area contributed by atoms with Crippen molar-refractivity contribution in [2.45, 2.75) is 0 Å². The van der Waals surface area contributed by atoms with Crippen LogP contribution in [0.15, 0.2) is 65.3 Å². The van der Waals surface area contributed by atoms with Crippen LogP contribution in [0.4, 0.5) is 0 Å². The highest BCUT2D eigenvalue weighted by atomic mass is 79.9. The quantitative estimate of drug-likeness (QED) is 0.468. The van der Waals surface area contributed by atoms with Crippen molar-refractivity contribution in [3.8, 4) is 0 Å². The Morgan fingerprint density at radius 2 is 1.67 bits per heavy atom. The van der Waals surface area contributed by atoms with Gasteiger partial charge in [0.25, 0.3) is 0 Å². The molecule has 0 spiro atoms. The van der Waals surface area contributed by atoms with Gasteiger partial charge in [-0.1, -0.05) is 34.2 Å². The molecule has 0 aliphatic carbocycles. The molecule has 0 aliphatic heterocycles. The molecule has 1 aromatic rings. The van der Waals surface area contributed by atoms with Crippen LogP contribution in [0.5, 0.6) is 0 Å². The Bertz CT molecular complexity index is 470. The van der Waals surface area contributed by atoms with Gasteiger partial charge in [-0.25, -0.2) is 0 Å². The van der Waals surface area contributed by atoms with E-state index in [-0.39, 0.29) is 5.78 Å². The Morgan fingerprint density at radius 3 is 2.28 bits per heavy atom. The third-order valence-corrected chi connectivity index (χ3v) is 2.62. The zero-order chi connectivity index (χ0) is 13.4. The van der Waals surface area contributed by atoms with Gasteiger partial charge in [0.15, 0.2) is 5.78 Å². The van der Waals surface area contributed by atoms with Gasteiger partial charge in [0, 0.05) is 24.1 Å². The summed E-state index contributed by atoms with van der Waals surface area (Å²) in [6, 6.07) is 7.31. The van der Waals surface area contributed by atoms with Crippen LogP contribution in [-0.2, 0) is 0 Å². The lowest BCUT2D eigenvalue weighted by Gasteiger charge is -2.00. The van der Waals surface area contributed by atoms with Gasteiger partial charge in [-0.3, -0.25) is 4.79 Å². The molecule has 0 saturated carbocycles. The van der Waals surface area contributed by atoms with E-state index in [1.807, 2.05) is 55.6 Å². The summed E-state index contributed by atoms with van der Waals surface area (Å²) in [6.45, 7) is 0. The number of halogens is 1. The van der Waals surface area contributed by atoms with Crippen molar-refractivity contribution in [2.24, 2.45) is 0 Å². The standard InChI is InChI=1S/C15H16BrNO/c1-17(2)12-6-4-3-5-7-15(18)13-8-10-14(16)11-9-13/h3-12H,1-2H3/b4-3+,7-5+,12-6+. The van der Waals surface area contributed by atoms with Crippen molar-refractivity contribution >= 4 is 21.7 Å². The molecule has 0 aliphatic rings. The molecule has 0 amide bonds. The molecule has 0 N–H and O–H groups in total. The molecule has 0 heterocycles. The molecule has 0 aromatic heterocycles. The Balaban J connectivity index is 2.52. The second kappa shape index (κ2) is 7.67. The van der Waals surface area contributed by atoms with E-state index in [1.54, 1.807) is 24.3 Å². The molecule has 1 aromatic carbocycles. The second-order valence-electron chi connectivity index (χ2n) is 3.92. The number of hydrogen-bond donors (Lipinski definition) is 0. The van der Waals surface area contributed by atoms with E-state index >= 15 is 0 Å². The summed E-state index contributed by atoms with van der Waals surface area (Å²) >= 11 is 3.34. The molecule has 2 nitrogen and oxygen atoms in total. The highest BCUT2D eigenvalue weighted by Crippen LogP contribution is 2.11. The zero-order valence-corrected chi connectivity index (χ0v) is 12.1. The van der Waals surface area contributed by atoms with Crippen molar-refractivity contribution in [2.75, 3.05) is 14.1 Å². The smallest absolute Gasteiger partial charge is 0.185 e. The normalized spacial score (nSPS) is 11.7. The summed E-state index contributed by atoms with van der Waals surface area (Å²) in [5.74, 6) is 0.00346. The van der Waals surface area contributed by atoms with Crippen LogP contribution in [-0.4, -0.2) is 24.8 Å². The third kappa shape index (κ3) is 5.64. The summed E-state index contributed by atoms with van der Waals surface area (Å²) in [4.78, 5) is 13.7. The van der Waals surface area contributed by atoms with E-state index in [4.69, 9.17) is 0 Å². The molecule has 18 heavy (non-hydrogen) atoms. The first-order chi connectivity index (χ1) is 8.59. The van der Waals surface area contributed by atoms with Crippen molar-refractivity contribution in [1.29, 1.82) is 0 Å². The fraction of sp³-hybridized carbons (Fsp3) is 0.133. The number of nitrogens with zero attached hydrogens (tertiary/aromatic N) is 1. The summed E-state index contributed by atoms with van der Waals surface area (Å²) in [5, 5.41) is 0. The van der Waals surface area contributed by atoms with Crippen molar-refractivity contribution < 1.29 is 4.79 Å². The molecule has 0 saturated heterocycles. The van der Waals surface area contributed by atoms with E-state index in [9.17, 15) is 4.79 Å². The van der Waals surface area contributed by atoms with Gasteiger partial charge in [-0.15, -0.1) is 0 Å². The van der Waals surface area contributed by atoms with Gasteiger partial charge in [-0.2, -0.15) is 0 Å². The van der Waals surface area contributed by atoms with Gasteiger partial charge in [0.2, 0.25) is 0 Å². The van der Waals surface area contributed by atoms with E-state index in [0.717, 1.165) is 4.47 Å². The Kier molecular flexibility index (Phi) is 6.15. The highest BCUT2D eigenvalue weighted by Gasteiger charge is 1.99. The molecule has 1 rings (SSSR count). The lowest BCUT2D eigenvalue weighted by molar-refractivity contribution is 0.104. The molecule has 0 atom stereocenters. The highest BCUT2D eigenvalue weighted by molar-refractivity contribution is 9.10. The fourth-order valence-corrected chi connectivity index (χ4v) is 1.47. The number of allylic oxidation sites excluding steroid dienone is 5. The molecule has 0 unspecified atom stereocenters. The monoisotopic (exact) mass is 305 g/mol. The maximum atomic E-state index is 11.7. The lowest BCUT2D eigenvalue weighted by atomic mass is 10.1. The Hall–Kier alpha value is -1.61. The van der Waals surface area contributed by atoms with Crippen LogP contribution in [0.1, 0.15) is 10.4 Å². The first-order valence-corrected chi connectivity index (χ1v) is 6.37.